The standard InChI is InChI=1S/C21H23NO4/c1-15-9-10-19-18(13-15)21(25,14-16(2)23)20(24)22(19)11-6-12-26-17-7-4-3-5-8-17/h3-5,7-10,13,25H,6,11-12,14H2,1-2H3. The summed E-state index contributed by atoms with van der Waals surface area (Å²) in [6, 6.07) is 15.0. The van der Waals surface area contributed by atoms with Gasteiger partial charge < -0.3 is 14.7 Å². The fourth-order valence-electron chi connectivity index (χ4n) is 3.35. The number of para-hydroxylation sites is 1. The van der Waals surface area contributed by atoms with Gasteiger partial charge in [0.05, 0.1) is 12.3 Å². The second-order valence-corrected chi connectivity index (χ2v) is 6.73. The van der Waals surface area contributed by atoms with E-state index in [1.165, 1.54) is 6.92 Å². The van der Waals surface area contributed by atoms with Crippen LogP contribution >= 0.6 is 0 Å². The first kappa shape index (κ1) is 18.1. The number of rotatable bonds is 7. The molecule has 0 aromatic heterocycles. The molecule has 0 spiro atoms. The summed E-state index contributed by atoms with van der Waals surface area (Å²) >= 11 is 0. The average Bonchev–Trinajstić information content (AvgIpc) is 2.80. The van der Waals surface area contributed by atoms with Crippen molar-refractivity contribution < 1.29 is 19.4 Å². The van der Waals surface area contributed by atoms with Crippen molar-refractivity contribution in [1.82, 2.24) is 0 Å². The fraction of sp³-hybridized carbons (Fsp3) is 0.333. The van der Waals surface area contributed by atoms with Gasteiger partial charge in [-0.25, -0.2) is 0 Å². The maximum atomic E-state index is 12.9. The highest BCUT2D eigenvalue weighted by Crippen LogP contribution is 2.43. The van der Waals surface area contributed by atoms with Crippen LogP contribution in [0.5, 0.6) is 5.75 Å². The number of ketones is 1. The smallest absolute Gasteiger partial charge is 0.264 e. The molecule has 1 aliphatic rings. The van der Waals surface area contributed by atoms with E-state index in [4.69, 9.17) is 4.74 Å². The lowest BCUT2D eigenvalue weighted by atomic mass is 9.89. The summed E-state index contributed by atoms with van der Waals surface area (Å²) in [6.07, 6.45) is 0.406. The fourth-order valence-corrected chi connectivity index (χ4v) is 3.35. The first-order valence-corrected chi connectivity index (χ1v) is 8.74. The van der Waals surface area contributed by atoms with Gasteiger partial charge in [-0.1, -0.05) is 35.9 Å². The van der Waals surface area contributed by atoms with E-state index >= 15 is 0 Å². The number of carbonyl (C=O) groups is 2. The Morgan fingerprint density at radius 3 is 2.62 bits per heavy atom. The molecular formula is C21H23NO4. The van der Waals surface area contributed by atoms with Gasteiger partial charge in [-0.15, -0.1) is 0 Å². The molecule has 3 rings (SSSR count). The number of fused-ring (bicyclic) bond motifs is 1. The van der Waals surface area contributed by atoms with Crippen molar-refractivity contribution in [3.05, 3.63) is 59.7 Å². The minimum Gasteiger partial charge on any atom is -0.494 e. The lowest BCUT2D eigenvalue weighted by Gasteiger charge is -2.22. The topological polar surface area (TPSA) is 66.8 Å². The molecule has 0 radical (unpaired) electrons. The number of aliphatic hydroxyl groups is 1. The summed E-state index contributed by atoms with van der Waals surface area (Å²) in [7, 11) is 0. The van der Waals surface area contributed by atoms with Gasteiger partial charge in [0.2, 0.25) is 0 Å². The Balaban J connectivity index is 1.73. The van der Waals surface area contributed by atoms with Gasteiger partial charge in [-0.05, 0) is 38.5 Å². The summed E-state index contributed by atoms with van der Waals surface area (Å²) < 4.78 is 5.67. The lowest BCUT2D eigenvalue weighted by Crippen LogP contribution is -2.42. The second kappa shape index (κ2) is 7.30. The van der Waals surface area contributed by atoms with Crippen LogP contribution in [0.1, 0.15) is 30.9 Å². The van der Waals surface area contributed by atoms with E-state index in [1.807, 2.05) is 49.4 Å². The van der Waals surface area contributed by atoms with Crippen molar-refractivity contribution in [2.75, 3.05) is 18.1 Å². The van der Waals surface area contributed by atoms with Crippen LogP contribution in [-0.2, 0) is 15.2 Å². The molecule has 26 heavy (non-hydrogen) atoms. The van der Waals surface area contributed by atoms with Crippen molar-refractivity contribution in [2.45, 2.75) is 32.3 Å². The Labute approximate surface area is 153 Å². The van der Waals surface area contributed by atoms with Gasteiger partial charge in [-0.3, -0.25) is 9.59 Å². The third-order valence-electron chi connectivity index (χ3n) is 4.53. The quantitative estimate of drug-likeness (QED) is 0.777. The van der Waals surface area contributed by atoms with Gasteiger partial charge in [-0.2, -0.15) is 0 Å². The number of hydrogen-bond acceptors (Lipinski definition) is 4. The Kier molecular flexibility index (Phi) is 5.09. The minimum atomic E-state index is -1.77. The maximum Gasteiger partial charge on any atom is 0.264 e. The van der Waals surface area contributed by atoms with Gasteiger partial charge >= 0.3 is 0 Å². The van der Waals surface area contributed by atoms with E-state index in [9.17, 15) is 14.7 Å². The summed E-state index contributed by atoms with van der Waals surface area (Å²) in [5.74, 6) is 0.125. The molecule has 0 fully saturated rings. The van der Waals surface area contributed by atoms with Crippen molar-refractivity contribution >= 4 is 17.4 Å². The van der Waals surface area contributed by atoms with E-state index in [2.05, 4.69) is 0 Å². The van der Waals surface area contributed by atoms with Gasteiger partial charge in [0.1, 0.15) is 11.5 Å². The highest BCUT2D eigenvalue weighted by molar-refractivity contribution is 6.08. The van der Waals surface area contributed by atoms with Gasteiger partial charge in [0.15, 0.2) is 5.60 Å². The number of hydrogen-bond donors (Lipinski definition) is 1. The molecule has 1 N–H and O–H groups in total. The second-order valence-electron chi connectivity index (χ2n) is 6.73. The van der Waals surface area contributed by atoms with Crippen LogP contribution in [0.25, 0.3) is 0 Å². The molecule has 1 atom stereocenters. The molecule has 5 nitrogen and oxygen atoms in total. The van der Waals surface area contributed by atoms with Crippen LogP contribution in [-0.4, -0.2) is 29.9 Å². The molecule has 1 heterocycles. The van der Waals surface area contributed by atoms with Crippen LogP contribution < -0.4 is 9.64 Å². The minimum absolute atomic E-state index is 0.209. The lowest BCUT2D eigenvalue weighted by molar-refractivity contribution is -0.141. The first-order valence-electron chi connectivity index (χ1n) is 8.74. The predicted octanol–water partition coefficient (Wildman–Crippen LogP) is 2.98. The van der Waals surface area contributed by atoms with Crippen LogP contribution in [0.15, 0.2) is 48.5 Å². The Hall–Kier alpha value is -2.66. The van der Waals surface area contributed by atoms with Crippen molar-refractivity contribution in [3.63, 3.8) is 0 Å². The summed E-state index contributed by atoms with van der Waals surface area (Å²) in [5.41, 5.74) is 0.353. The number of aryl methyl sites for hydroxylation is 1. The molecule has 0 bridgehead atoms. The molecule has 5 heteroatoms. The Morgan fingerprint density at radius 1 is 1.19 bits per heavy atom. The highest BCUT2D eigenvalue weighted by Gasteiger charge is 2.50. The monoisotopic (exact) mass is 353 g/mol. The maximum absolute atomic E-state index is 12.9. The molecule has 0 saturated carbocycles. The van der Waals surface area contributed by atoms with Crippen LogP contribution in [0.4, 0.5) is 5.69 Å². The summed E-state index contributed by atoms with van der Waals surface area (Å²) in [6.45, 7) is 4.16. The van der Waals surface area contributed by atoms with E-state index in [1.54, 1.807) is 11.0 Å². The highest BCUT2D eigenvalue weighted by atomic mass is 16.5. The van der Waals surface area contributed by atoms with E-state index in [0.29, 0.717) is 30.8 Å². The van der Waals surface area contributed by atoms with Crippen LogP contribution in [0, 0.1) is 6.92 Å². The van der Waals surface area contributed by atoms with Gasteiger partial charge in [0.25, 0.3) is 5.91 Å². The molecule has 2 aromatic carbocycles. The van der Waals surface area contributed by atoms with E-state index < -0.39 is 11.5 Å². The first-order chi connectivity index (χ1) is 12.4. The number of Topliss-reactive ketones (excluding diaryl/α,β-unsaturated/α-hetero) is 1. The normalized spacial score (nSPS) is 18.7. The third-order valence-corrected chi connectivity index (χ3v) is 4.53. The van der Waals surface area contributed by atoms with Crippen molar-refractivity contribution in [3.8, 4) is 5.75 Å². The molecule has 2 aromatic rings. The SMILES string of the molecule is CC(=O)CC1(O)C(=O)N(CCCOc2ccccc2)c2ccc(C)cc21. The molecule has 0 saturated heterocycles. The number of benzene rings is 2. The van der Waals surface area contributed by atoms with Crippen molar-refractivity contribution in [1.29, 1.82) is 0 Å². The van der Waals surface area contributed by atoms with Crippen LogP contribution in [0.3, 0.4) is 0 Å². The number of amides is 1. The number of carbonyl (C=O) groups excluding carboxylic acids is 2. The average molecular weight is 353 g/mol. The molecule has 1 unspecified atom stereocenters. The van der Waals surface area contributed by atoms with E-state index in [0.717, 1.165) is 11.3 Å². The number of nitrogens with zero attached hydrogens (tertiary/aromatic N) is 1. The molecule has 0 aliphatic carbocycles. The van der Waals surface area contributed by atoms with Gasteiger partial charge in [0, 0.05) is 18.5 Å². The number of ether oxygens (including phenoxy) is 1. The summed E-state index contributed by atoms with van der Waals surface area (Å²) in [5, 5.41) is 11.0. The molecule has 1 amide bonds. The Bertz CT molecular complexity index is 818. The largest absolute Gasteiger partial charge is 0.494 e. The zero-order chi connectivity index (χ0) is 18.7. The third kappa shape index (κ3) is 3.48. The molecule has 136 valence electrons. The molecule has 1 aliphatic heterocycles. The summed E-state index contributed by atoms with van der Waals surface area (Å²) in [4.78, 5) is 26.1. The van der Waals surface area contributed by atoms with Crippen molar-refractivity contribution in [2.24, 2.45) is 0 Å². The van der Waals surface area contributed by atoms with Crippen LogP contribution in [0.2, 0.25) is 0 Å². The molecular weight excluding hydrogens is 330 g/mol. The Morgan fingerprint density at radius 2 is 1.92 bits per heavy atom. The van der Waals surface area contributed by atoms with E-state index in [-0.39, 0.29) is 12.2 Å². The predicted molar refractivity (Wildman–Crippen MR) is 99.3 cm³/mol. The zero-order valence-corrected chi connectivity index (χ0v) is 15.1. The number of anilines is 1. The zero-order valence-electron chi connectivity index (χ0n) is 15.1.